The molecule has 0 aromatic heterocycles. The van der Waals surface area contributed by atoms with Crippen LogP contribution in [-0.2, 0) is 27.6 Å². The van der Waals surface area contributed by atoms with Gasteiger partial charge < -0.3 is 4.74 Å². The zero-order chi connectivity index (χ0) is 14.0. The molecule has 110 valence electrons. The smallest absolute Gasteiger partial charge is 0.240 e. The average molecular weight is 295 g/mol. The van der Waals surface area contributed by atoms with Crippen LogP contribution in [0.5, 0.6) is 0 Å². The van der Waals surface area contributed by atoms with Gasteiger partial charge in [0, 0.05) is 19.8 Å². The van der Waals surface area contributed by atoms with Crippen LogP contribution in [0, 0.1) is 5.92 Å². The number of hydrogen-bond donors (Lipinski definition) is 1. The maximum atomic E-state index is 12.3. The largest absolute Gasteiger partial charge is 0.381 e. The van der Waals surface area contributed by atoms with Gasteiger partial charge >= 0.3 is 0 Å². The summed E-state index contributed by atoms with van der Waals surface area (Å²) in [6.07, 6.45) is 5.08. The minimum Gasteiger partial charge on any atom is -0.381 e. The first-order chi connectivity index (χ1) is 9.65. The minimum absolute atomic E-state index is 0.396. The van der Waals surface area contributed by atoms with E-state index in [2.05, 4.69) is 4.72 Å². The van der Waals surface area contributed by atoms with Crippen molar-refractivity contribution in [3.63, 3.8) is 0 Å². The summed E-state index contributed by atoms with van der Waals surface area (Å²) in [7, 11) is -3.37. The minimum atomic E-state index is -3.37. The first-order valence-electron chi connectivity index (χ1n) is 7.34. The number of benzene rings is 1. The second kappa shape index (κ2) is 5.84. The maximum absolute atomic E-state index is 12.3. The maximum Gasteiger partial charge on any atom is 0.240 e. The lowest BCUT2D eigenvalue weighted by atomic mass is 10.0. The van der Waals surface area contributed by atoms with Crippen molar-refractivity contribution in [2.75, 3.05) is 19.8 Å². The second-order valence-electron chi connectivity index (χ2n) is 5.69. The van der Waals surface area contributed by atoms with Crippen LogP contribution in [0.3, 0.4) is 0 Å². The van der Waals surface area contributed by atoms with Gasteiger partial charge in [0.25, 0.3) is 0 Å². The third-order valence-electron chi connectivity index (χ3n) is 4.28. The molecule has 0 spiro atoms. The van der Waals surface area contributed by atoms with Crippen molar-refractivity contribution in [2.45, 2.75) is 37.0 Å². The first-order valence-corrected chi connectivity index (χ1v) is 8.83. The number of sulfonamides is 1. The lowest BCUT2D eigenvalue weighted by Crippen LogP contribution is -2.32. The zero-order valence-electron chi connectivity index (χ0n) is 11.6. The van der Waals surface area contributed by atoms with Crippen LogP contribution in [0.15, 0.2) is 23.1 Å². The van der Waals surface area contributed by atoms with E-state index in [0.717, 1.165) is 45.3 Å². The summed E-state index contributed by atoms with van der Waals surface area (Å²) in [6.45, 7) is 2.00. The van der Waals surface area contributed by atoms with Gasteiger partial charge in [-0.15, -0.1) is 0 Å². The summed E-state index contributed by atoms with van der Waals surface area (Å²) < 4.78 is 32.7. The lowest BCUT2D eigenvalue weighted by Gasteiger charge is -2.22. The topological polar surface area (TPSA) is 55.4 Å². The standard InChI is InChI=1S/C15H21NO3S/c17-20(18,16-11-12-6-8-19-9-7-12)15-5-4-13-2-1-3-14(13)10-15/h4-5,10,12,16H,1-3,6-9,11H2. The lowest BCUT2D eigenvalue weighted by molar-refractivity contribution is 0.0678. The number of rotatable bonds is 4. The molecule has 1 N–H and O–H groups in total. The molecule has 0 radical (unpaired) electrons. The Kier molecular flexibility index (Phi) is 4.10. The highest BCUT2D eigenvalue weighted by molar-refractivity contribution is 7.89. The van der Waals surface area contributed by atoms with Crippen LogP contribution >= 0.6 is 0 Å². The third-order valence-corrected chi connectivity index (χ3v) is 5.70. The molecule has 0 saturated carbocycles. The van der Waals surface area contributed by atoms with Crippen LogP contribution in [0.2, 0.25) is 0 Å². The predicted molar refractivity (Wildman–Crippen MR) is 77.2 cm³/mol. The second-order valence-corrected chi connectivity index (χ2v) is 7.46. The van der Waals surface area contributed by atoms with Gasteiger partial charge in [0.2, 0.25) is 10.0 Å². The fraction of sp³-hybridized carbons (Fsp3) is 0.600. The average Bonchev–Trinajstić information content (AvgIpc) is 2.94. The highest BCUT2D eigenvalue weighted by Gasteiger charge is 2.21. The molecule has 0 amide bonds. The predicted octanol–water partition coefficient (Wildman–Crippen LogP) is 1.88. The third kappa shape index (κ3) is 3.05. The number of hydrogen-bond acceptors (Lipinski definition) is 3. The number of ether oxygens (including phenoxy) is 1. The molecule has 1 aliphatic heterocycles. The zero-order valence-corrected chi connectivity index (χ0v) is 12.4. The van der Waals surface area contributed by atoms with Crippen molar-refractivity contribution in [3.8, 4) is 0 Å². The van der Waals surface area contributed by atoms with Gasteiger partial charge in [0.1, 0.15) is 0 Å². The Labute approximate surface area is 120 Å². The molecule has 2 aliphatic rings. The number of aryl methyl sites for hydroxylation is 2. The molecule has 1 aliphatic carbocycles. The SMILES string of the molecule is O=S(=O)(NCC1CCOCC1)c1ccc2c(c1)CCC2. The Balaban J connectivity index is 1.68. The molecule has 20 heavy (non-hydrogen) atoms. The first kappa shape index (κ1) is 14.0. The van der Waals surface area contributed by atoms with Gasteiger partial charge in [-0.25, -0.2) is 13.1 Å². The van der Waals surface area contributed by atoms with Gasteiger partial charge in [-0.1, -0.05) is 6.07 Å². The molecule has 3 rings (SSSR count). The van der Waals surface area contributed by atoms with Gasteiger partial charge in [0.15, 0.2) is 0 Å². The molecule has 1 aromatic rings. The molecule has 1 aromatic carbocycles. The van der Waals surface area contributed by atoms with E-state index < -0.39 is 10.0 Å². The van der Waals surface area contributed by atoms with Crippen molar-refractivity contribution < 1.29 is 13.2 Å². The van der Waals surface area contributed by atoms with E-state index in [1.165, 1.54) is 11.1 Å². The van der Waals surface area contributed by atoms with E-state index in [1.807, 2.05) is 12.1 Å². The molecule has 0 bridgehead atoms. The van der Waals surface area contributed by atoms with E-state index in [9.17, 15) is 8.42 Å². The van der Waals surface area contributed by atoms with Crippen LogP contribution in [0.4, 0.5) is 0 Å². The van der Waals surface area contributed by atoms with Gasteiger partial charge in [-0.05, 0) is 61.3 Å². The summed E-state index contributed by atoms with van der Waals surface area (Å²) >= 11 is 0. The Morgan fingerprint density at radius 2 is 1.90 bits per heavy atom. The van der Waals surface area contributed by atoms with Crippen LogP contribution in [0.25, 0.3) is 0 Å². The van der Waals surface area contributed by atoms with Crippen molar-refractivity contribution in [3.05, 3.63) is 29.3 Å². The van der Waals surface area contributed by atoms with Crippen molar-refractivity contribution in [2.24, 2.45) is 5.92 Å². The van der Waals surface area contributed by atoms with Gasteiger partial charge in [-0.3, -0.25) is 0 Å². The van der Waals surface area contributed by atoms with Gasteiger partial charge in [0.05, 0.1) is 4.90 Å². The van der Waals surface area contributed by atoms with Gasteiger partial charge in [-0.2, -0.15) is 0 Å². The van der Waals surface area contributed by atoms with E-state index in [1.54, 1.807) is 6.07 Å². The molecular formula is C15H21NO3S. The van der Waals surface area contributed by atoms with Crippen molar-refractivity contribution >= 4 is 10.0 Å². The summed E-state index contributed by atoms with van der Waals surface area (Å²) in [6, 6.07) is 5.54. The molecule has 1 fully saturated rings. The Bertz CT molecular complexity index is 577. The summed E-state index contributed by atoms with van der Waals surface area (Å²) in [5, 5.41) is 0. The highest BCUT2D eigenvalue weighted by Crippen LogP contribution is 2.24. The molecule has 0 atom stereocenters. The Morgan fingerprint density at radius 1 is 1.15 bits per heavy atom. The van der Waals surface area contributed by atoms with E-state index >= 15 is 0 Å². The number of nitrogens with one attached hydrogen (secondary N) is 1. The quantitative estimate of drug-likeness (QED) is 0.923. The fourth-order valence-electron chi connectivity index (χ4n) is 2.98. The molecule has 0 unspecified atom stereocenters. The molecule has 4 nitrogen and oxygen atoms in total. The monoisotopic (exact) mass is 295 g/mol. The van der Waals surface area contributed by atoms with E-state index in [4.69, 9.17) is 4.74 Å². The molecule has 5 heteroatoms. The summed E-state index contributed by atoms with van der Waals surface area (Å²) in [5.74, 6) is 0.396. The molecule has 1 saturated heterocycles. The highest BCUT2D eigenvalue weighted by atomic mass is 32.2. The summed E-state index contributed by atoms with van der Waals surface area (Å²) in [4.78, 5) is 0.408. The van der Waals surface area contributed by atoms with E-state index in [-0.39, 0.29) is 0 Å². The Hall–Kier alpha value is -0.910. The Morgan fingerprint density at radius 3 is 2.70 bits per heavy atom. The van der Waals surface area contributed by atoms with Crippen LogP contribution < -0.4 is 4.72 Å². The normalized spacial score (nSPS) is 20.0. The summed E-state index contributed by atoms with van der Waals surface area (Å²) in [5.41, 5.74) is 2.49. The van der Waals surface area contributed by atoms with Crippen LogP contribution in [0.1, 0.15) is 30.4 Å². The van der Waals surface area contributed by atoms with Crippen molar-refractivity contribution in [1.29, 1.82) is 0 Å². The van der Waals surface area contributed by atoms with E-state index in [0.29, 0.717) is 17.4 Å². The van der Waals surface area contributed by atoms with Crippen LogP contribution in [-0.4, -0.2) is 28.2 Å². The number of fused-ring (bicyclic) bond motifs is 1. The molecular weight excluding hydrogens is 274 g/mol. The molecule has 1 heterocycles. The fourth-order valence-corrected chi connectivity index (χ4v) is 4.14. The van der Waals surface area contributed by atoms with Crippen molar-refractivity contribution in [1.82, 2.24) is 4.72 Å².